The summed E-state index contributed by atoms with van der Waals surface area (Å²) < 4.78 is 5.35. The van der Waals surface area contributed by atoms with Gasteiger partial charge in [0.1, 0.15) is 10.8 Å². The summed E-state index contributed by atoms with van der Waals surface area (Å²) in [5.74, 6) is -0.124. The Morgan fingerprint density at radius 2 is 2.00 bits per heavy atom. The zero-order valence-electron chi connectivity index (χ0n) is 13.7. The lowest BCUT2D eigenvalue weighted by atomic mass is 10.1. The number of thiophene rings is 1. The van der Waals surface area contributed by atoms with Gasteiger partial charge >= 0.3 is 5.97 Å². The van der Waals surface area contributed by atoms with Crippen molar-refractivity contribution >= 4 is 28.1 Å². The molecule has 0 spiro atoms. The number of aromatic carboxylic acids is 1. The van der Waals surface area contributed by atoms with Crippen molar-refractivity contribution in [2.45, 2.75) is 13.8 Å². The lowest BCUT2D eigenvalue weighted by Crippen LogP contribution is -2.39. The van der Waals surface area contributed by atoms with Crippen LogP contribution in [0.25, 0.3) is 10.4 Å². The molecule has 0 unspecified atom stereocenters. The van der Waals surface area contributed by atoms with E-state index in [0.29, 0.717) is 18.2 Å². The molecule has 7 heteroatoms. The van der Waals surface area contributed by atoms with E-state index in [2.05, 4.69) is 14.9 Å². The van der Waals surface area contributed by atoms with Crippen molar-refractivity contribution in [2.24, 2.45) is 4.99 Å². The third-order valence-corrected chi connectivity index (χ3v) is 5.25. The van der Waals surface area contributed by atoms with Crippen LogP contribution in [-0.2, 0) is 4.74 Å². The Bertz CT molecular complexity index is 765. The number of carbonyl (C=O) groups is 1. The van der Waals surface area contributed by atoms with Gasteiger partial charge in [0.05, 0.1) is 18.8 Å². The maximum Gasteiger partial charge on any atom is 0.339 e. The zero-order chi connectivity index (χ0) is 17.1. The van der Waals surface area contributed by atoms with Crippen molar-refractivity contribution in [1.82, 2.24) is 9.88 Å². The SMILES string of the molecule is C/C(=N\c1sc(-c2ccncc2)c(C)c1C(=O)O)N1CCOCC1. The summed E-state index contributed by atoms with van der Waals surface area (Å²) in [4.78, 5) is 23.4. The Morgan fingerprint density at radius 1 is 1.33 bits per heavy atom. The summed E-state index contributed by atoms with van der Waals surface area (Å²) in [6.45, 7) is 6.64. The van der Waals surface area contributed by atoms with Gasteiger partial charge in [-0.1, -0.05) is 0 Å². The molecule has 0 aliphatic carbocycles. The van der Waals surface area contributed by atoms with Crippen molar-refractivity contribution in [1.29, 1.82) is 0 Å². The Hall–Kier alpha value is -2.25. The minimum atomic E-state index is -0.947. The van der Waals surface area contributed by atoms with Crippen LogP contribution in [0.1, 0.15) is 22.8 Å². The number of hydrogen-bond acceptors (Lipinski definition) is 5. The number of aromatic nitrogens is 1. The first-order chi connectivity index (χ1) is 11.6. The fourth-order valence-corrected chi connectivity index (χ4v) is 3.93. The highest BCUT2D eigenvalue weighted by molar-refractivity contribution is 7.19. The molecular weight excluding hydrogens is 326 g/mol. The molecule has 0 aromatic carbocycles. The number of nitrogens with zero attached hydrogens (tertiary/aromatic N) is 3. The minimum Gasteiger partial charge on any atom is -0.478 e. The Morgan fingerprint density at radius 3 is 2.62 bits per heavy atom. The molecule has 0 bridgehead atoms. The second-order valence-corrected chi connectivity index (χ2v) is 6.53. The van der Waals surface area contributed by atoms with Gasteiger partial charge in [0.2, 0.25) is 0 Å². The standard InChI is InChI=1S/C17H19N3O3S/c1-11-14(17(21)22)16(19-12(2)20-7-9-23-10-8-20)24-15(11)13-3-5-18-6-4-13/h3-6H,7-10H2,1-2H3,(H,21,22)/b19-12+. The smallest absolute Gasteiger partial charge is 0.339 e. The van der Waals surface area contributed by atoms with Gasteiger partial charge in [0.15, 0.2) is 0 Å². The van der Waals surface area contributed by atoms with Crippen LogP contribution in [0.5, 0.6) is 0 Å². The number of aliphatic imine (C=N–C) groups is 1. The van der Waals surface area contributed by atoms with E-state index < -0.39 is 5.97 Å². The van der Waals surface area contributed by atoms with Crippen LogP contribution in [0.3, 0.4) is 0 Å². The molecule has 1 aliphatic heterocycles. The van der Waals surface area contributed by atoms with E-state index in [4.69, 9.17) is 4.74 Å². The van der Waals surface area contributed by atoms with Gasteiger partial charge in [-0.15, -0.1) is 11.3 Å². The summed E-state index contributed by atoms with van der Waals surface area (Å²) in [6.07, 6.45) is 3.41. The van der Waals surface area contributed by atoms with Crippen LogP contribution in [0.4, 0.5) is 5.00 Å². The second kappa shape index (κ2) is 7.11. The van der Waals surface area contributed by atoms with Gasteiger partial charge in [-0.25, -0.2) is 9.79 Å². The normalized spacial score (nSPS) is 15.6. The predicted octanol–water partition coefficient (Wildman–Crippen LogP) is 3.20. The van der Waals surface area contributed by atoms with Crippen LogP contribution < -0.4 is 0 Å². The van der Waals surface area contributed by atoms with E-state index in [1.54, 1.807) is 12.4 Å². The Balaban J connectivity index is 2.02. The highest BCUT2D eigenvalue weighted by Gasteiger charge is 2.22. The average molecular weight is 345 g/mol. The van der Waals surface area contributed by atoms with E-state index >= 15 is 0 Å². The van der Waals surface area contributed by atoms with Crippen LogP contribution in [0.2, 0.25) is 0 Å². The van der Waals surface area contributed by atoms with Crippen molar-refractivity contribution in [3.8, 4) is 10.4 Å². The molecule has 1 saturated heterocycles. The van der Waals surface area contributed by atoms with E-state index in [1.807, 2.05) is 26.0 Å². The number of amidine groups is 1. The second-order valence-electron chi connectivity index (χ2n) is 5.54. The van der Waals surface area contributed by atoms with E-state index in [-0.39, 0.29) is 5.56 Å². The first-order valence-corrected chi connectivity index (χ1v) is 8.54. The monoisotopic (exact) mass is 345 g/mol. The van der Waals surface area contributed by atoms with Gasteiger partial charge in [0, 0.05) is 30.4 Å². The molecule has 0 radical (unpaired) electrons. The van der Waals surface area contributed by atoms with Crippen LogP contribution >= 0.6 is 11.3 Å². The van der Waals surface area contributed by atoms with Crippen molar-refractivity contribution in [2.75, 3.05) is 26.3 Å². The molecule has 1 fully saturated rings. The quantitative estimate of drug-likeness (QED) is 0.683. The molecule has 3 heterocycles. The molecule has 1 N–H and O–H groups in total. The molecule has 0 amide bonds. The van der Waals surface area contributed by atoms with Gasteiger partial charge in [-0.2, -0.15) is 0 Å². The molecule has 6 nitrogen and oxygen atoms in total. The lowest BCUT2D eigenvalue weighted by molar-refractivity contribution is 0.0677. The fraction of sp³-hybridized carbons (Fsp3) is 0.353. The van der Waals surface area contributed by atoms with Gasteiger partial charge in [0.25, 0.3) is 0 Å². The number of morpholine rings is 1. The highest BCUT2D eigenvalue weighted by Crippen LogP contribution is 2.41. The molecule has 2 aromatic rings. The van der Waals surface area contributed by atoms with Crippen molar-refractivity contribution in [3.05, 3.63) is 35.7 Å². The molecular formula is C17H19N3O3S. The molecule has 1 aliphatic rings. The Labute approximate surface area is 144 Å². The van der Waals surface area contributed by atoms with E-state index in [0.717, 1.165) is 34.9 Å². The third-order valence-electron chi connectivity index (χ3n) is 4.02. The molecule has 0 saturated carbocycles. The molecule has 126 valence electrons. The average Bonchev–Trinajstić information content (AvgIpc) is 2.92. The largest absolute Gasteiger partial charge is 0.478 e. The number of rotatable bonds is 3. The predicted molar refractivity (Wildman–Crippen MR) is 94.4 cm³/mol. The fourth-order valence-electron chi connectivity index (χ4n) is 2.71. The summed E-state index contributed by atoms with van der Waals surface area (Å²) in [5.41, 5.74) is 1.98. The molecule has 2 aromatic heterocycles. The number of pyridine rings is 1. The maximum absolute atomic E-state index is 11.7. The summed E-state index contributed by atoms with van der Waals surface area (Å²) in [7, 11) is 0. The first kappa shape index (κ1) is 16.6. The van der Waals surface area contributed by atoms with Gasteiger partial charge in [-0.3, -0.25) is 4.98 Å². The summed E-state index contributed by atoms with van der Waals surface area (Å²) in [6, 6.07) is 3.76. The maximum atomic E-state index is 11.7. The third kappa shape index (κ3) is 3.32. The summed E-state index contributed by atoms with van der Waals surface area (Å²) in [5, 5.41) is 10.2. The number of hydrogen-bond donors (Lipinski definition) is 1. The first-order valence-electron chi connectivity index (χ1n) is 7.73. The molecule has 24 heavy (non-hydrogen) atoms. The van der Waals surface area contributed by atoms with Crippen LogP contribution in [-0.4, -0.2) is 53.1 Å². The lowest BCUT2D eigenvalue weighted by Gasteiger charge is -2.28. The number of carboxylic acid groups (broad SMARTS) is 1. The molecule has 0 atom stereocenters. The Kier molecular flexibility index (Phi) is 4.92. The van der Waals surface area contributed by atoms with Crippen molar-refractivity contribution < 1.29 is 14.6 Å². The number of carboxylic acids is 1. The molecule has 3 rings (SSSR count). The van der Waals surface area contributed by atoms with Gasteiger partial charge in [-0.05, 0) is 37.1 Å². The van der Waals surface area contributed by atoms with E-state index in [1.165, 1.54) is 11.3 Å². The summed E-state index contributed by atoms with van der Waals surface area (Å²) >= 11 is 1.41. The van der Waals surface area contributed by atoms with Crippen LogP contribution in [0.15, 0.2) is 29.5 Å². The highest BCUT2D eigenvalue weighted by atomic mass is 32.1. The van der Waals surface area contributed by atoms with E-state index in [9.17, 15) is 9.90 Å². The van der Waals surface area contributed by atoms with Crippen molar-refractivity contribution in [3.63, 3.8) is 0 Å². The zero-order valence-corrected chi connectivity index (χ0v) is 14.5. The number of ether oxygens (including phenoxy) is 1. The van der Waals surface area contributed by atoms with Gasteiger partial charge < -0.3 is 14.7 Å². The topological polar surface area (TPSA) is 75.0 Å². The van der Waals surface area contributed by atoms with Crippen LogP contribution in [0, 0.1) is 6.92 Å². The minimum absolute atomic E-state index is 0.277.